The van der Waals surface area contributed by atoms with Gasteiger partial charge in [0.05, 0.1) is 7.11 Å². The van der Waals surface area contributed by atoms with Crippen molar-refractivity contribution in [1.29, 1.82) is 0 Å². The van der Waals surface area contributed by atoms with Gasteiger partial charge in [-0.05, 0) is 41.8 Å². The topological polar surface area (TPSA) is 26.3 Å². The molecule has 0 aliphatic rings. The molecule has 2 aromatic rings. The van der Waals surface area contributed by atoms with E-state index in [4.69, 9.17) is 4.74 Å². The second-order valence-corrected chi connectivity index (χ2v) is 4.54. The Hall–Kier alpha value is -1.83. The van der Waals surface area contributed by atoms with Crippen LogP contribution < -0.4 is 4.74 Å². The Morgan fingerprint density at radius 3 is 2.25 bits per heavy atom. The second-order valence-electron chi connectivity index (χ2n) is 4.54. The van der Waals surface area contributed by atoms with E-state index in [1.165, 1.54) is 0 Å². The molecule has 2 heteroatoms. The van der Waals surface area contributed by atoms with Crippen LogP contribution in [0.2, 0.25) is 0 Å². The Bertz CT molecular complexity index is 573. The zero-order chi connectivity index (χ0) is 15.1. The molecule has 1 atom stereocenters. The summed E-state index contributed by atoms with van der Waals surface area (Å²) in [7, 11) is 1.67. The lowest BCUT2D eigenvalue weighted by atomic mass is 9.91. The molecule has 2 nitrogen and oxygen atoms in total. The zero-order valence-electron chi connectivity index (χ0n) is 13.1. The Kier molecular flexibility index (Phi) is 6.23. The average molecular weight is 272 g/mol. The number of ether oxygens (including phenoxy) is 1. The largest absolute Gasteiger partial charge is 0.497 e. The summed E-state index contributed by atoms with van der Waals surface area (Å²) in [5, 5.41) is 2.28. The van der Waals surface area contributed by atoms with Crippen molar-refractivity contribution >= 4 is 16.6 Å². The van der Waals surface area contributed by atoms with Crippen molar-refractivity contribution in [3.05, 3.63) is 42.0 Å². The van der Waals surface area contributed by atoms with Gasteiger partial charge in [-0.1, -0.05) is 45.0 Å². The maximum atomic E-state index is 11.6. The molecular formula is C18H24O2. The van der Waals surface area contributed by atoms with Gasteiger partial charge in [-0.2, -0.15) is 0 Å². The highest BCUT2D eigenvalue weighted by Crippen LogP contribution is 2.27. The third kappa shape index (κ3) is 3.60. The molecule has 0 aliphatic heterocycles. The highest BCUT2D eigenvalue weighted by Gasteiger charge is 2.14. The normalized spacial score (nSPS) is 11.4. The number of carbonyl (C=O) groups excluding carboxylic acids is 1. The van der Waals surface area contributed by atoms with Gasteiger partial charge in [0, 0.05) is 5.92 Å². The van der Waals surface area contributed by atoms with Crippen LogP contribution >= 0.6 is 0 Å². The molecule has 0 saturated heterocycles. The first-order valence-electron chi connectivity index (χ1n) is 7.24. The van der Waals surface area contributed by atoms with Gasteiger partial charge in [0.15, 0.2) is 0 Å². The number of benzene rings is 2. The van der Waals surface area contributed by atoms with Crippen LogP contribution in [0.4, 0.5) is 0 Å². The van der Waals surface area contributed by atoms with Gasteiger partial charge >= 0.3 is 0 Å². The third-order valence-electron chi connectivity index (χ3n) is 3.37. The van der Waals surface area contributed by atoms with E-state index in [1.807, 2.05) is 45.0 Å². The molecule has 20 heavy (non-hydrogen) atoms. The monoisotopic (exact) mass is 272 g/mol. The molecular weight excluding hydrogens is 248 g/mol. The van der Waals surface area contributed by atoms with Crippen molar-refractivity contribution in [1.82, 2.24) is 0 Å². The summed E-state index contributed by atoms with van der Waals surface area (Å²) >= 11 is 0. The zero-order valence-corrected chi connectivity index (χ0v) is 13.1. The van der Waals surface area contributed by atoms with Crippen LogP contribution in [0.1, 0.15) is 45.6 Å². The summed E-state index contributed by atoms with van der Waals surface area (Å²) in [5.74, 6) is 1.09. The van der Waals surface area contributed by atoms with E-state index in [0.717, 1.165) is 28.5 Å². The number of ketones is 1. The highest BCUT2D eigenvalue weighted by molar-refractivity contribution is 5.88. The molecule has 0 aromatic heterocycles. The summed E-state index contributed by atoms with van der Waals surface area (Å²) in [6.45, 7) is 7.71. The van der Waals surface area contributed by atoms with Crippen molar-refractivity contribution < 1.29 is 9.53 Å². The minimum absolute atomic E-state index is 0.0106. The molecule has 0 spiro atoms. The van der Waals surface area contributed by atoms with E-state index in [-0.39, 0.29) is 11.7 Å². The molecule has 0 saturated carbocycles. The van der Waals surface area contributed by atoms with Crippen LogP contribution in [0.5, 0.6) is 5.75 Å². The van der Waals surface area contributed by atoms with Gasteiger partial charge in [-0.15, -0.1) is 0 Å². The molecule has 0 N–H and O–H groups in total. The lowest BCUT2D eigenvalue weighted by molar-refractivity contribution is -0.118. The Balaban J connectivity index is 0.000000956. The molecule has 2 rings (SSSR count). The quantitative estimate of drug-likeness (QED) is 0.786. The summed E-state index contributed by atoms with van der Waals surface area (Å²) in [5.41, 5.74) is 1.10. The number of Topliss-reactive ketones (excluding diaryl/α,β-unsaturated/α-hetero) is 1. The summed E-state index contributed by atoms with van der Waals surface area (Å²) in [6.07, 6.45) is 0.844. The van der Waals surface area contributed by atoms with Crippen LogP contribution in [-0.4, -0.2) is 12.9 Å². The van der Waals surface area contributed by atoms with E-state index in [9.17, 15) is 4.79 Å². The number of hydrogen-bond acceptors (Lipinski definition) is 2. The molecule has 0 fully saturated rings. The number of fused-ring (bicyclic) bond motifs is 1. The predicted octanol–water partition coefficient (Wildman–Crippen LogP) is 4.96. The SMILES string of the molecule is CC.CC[C@H](C(C)=O)c1ccc2cc(OC)ccc2c1. The Labute approximate surface area is 121 Å². The van der Waals surface area contributed by atoms with Crippen molar-refractivity contribution in [2.75, 3.05) is 7.11 Å². The van der Waals surface area contributed by atoms with Crippen LogP contribution in [0.3, 0.4) is 0 Å². The van der Waals surface area contributed by atoms with Crippen molar-refractivity contribution in [3.8, 4) is 5.75 Å². The van der Waals surface area contributed by atoms with Crippen LogP contribution in [0, 0.1) is 0 Å². The third-order valence-corrected chi connectivity index (χ3v) is 3.37. The number of carbonyl (C=O) groups is 1. The molecule has 2 aromatic carbocycles. The van der Waals surface area contributed by atoms with Gasteiger partial charge in [0.1, 0.15) is 11.5 Å². The smallest absolute Gasteiger partial charge is 0.137 e. The van der Waals surface area contributed by atoms with Gasteiger partial charge in [-0.25, -0.2) is 0 Å². The van der Waals surface area contributed by atoms with Crippen molar-refractivity contribution in [2.24, 2.45) is 0 Å². The molecule has 0 unspecified atom stereocenters. The minimum atomic E-state index is 0.0106. The first-order chi connectivity index (χ1) is 9.65. The standard InChI is InChI=1S/C16H18O2.C2H6/c1-4-16(11(2)17)14-6-5-13-10-15(18-3)8-7-12(13)9-14;1-2/h5-10,16H,4H2,1-3H3;1-2H3/t16-;/m1./s1. The predicted molar refractivity (Wildman–Crippen MR) is 85.6 cm³/mol. The van der Waals surface area contributed by atoms with Crippen molar-refractivity contribution in [2.45, 2.75) is 40.0 Å². The number of hydrogen-bond donors (Lipinski definition) is 0. The van der Waals surface area contributed by atoms with Crippen molar-refractivity contribution in [3.63, 3.8) is 0 Å². The lowest BCUT2D eigenvalue weighted by Gasteiger charge is -2.12. The molecule has 0 radical (unpaired) electrons. The maximum absolute atomic E-state index is 11.6. The van der Waals surface area contributed by atoms with Crippen LogP contribution in [0.25, 0.3) is 10.8 Å². The number of methoxy groups -OCH3 is 1. The molecule has 0 heterocycles. The van der Waals surface area contributed by atoms with Crippen LogP contribution in [0.15, 0.2) is 36.4 Å². The average Bonchev–Trinajstić information content (AvgIpc) is 2.49. The molecule has 0 bridgehead atoms. The number of rotatable bonds is 4. The fourth-order valence-electron chi connectivity index (χ4n) is 2.34. The first kappa shape index (κ1) is 16.2. The Morgan fingerprint density at radius 1 is 1.10 bits per heavy atom. The molecule has 0 aliphatic carbocycles. The summed E-state index contributed by atoms with van der Waals surface area (Å²) < 4.78 is 5.21. The highest BCUT2D eigenvalue weighted by atomic mass is 16.5. The van der Waals surface area contributed by atoms with E-state index in [0.29, 0.717) is 0 Å². The fraction of sp³-hybridized carbons (Fsp3) is 0.389. The summed E-state index contributed by atoms with van der Waals surface area (Å²) in [6, 6.07) is 12.2. The van der Waals surface area contributed by atoms with Gasteiger partial charge in [-0.3, -0.25) is 4.79 Å². The van der Waals surface area contributed by atoms with Gasteiger partial charge < -0.3 is 4.74 Å². The van der Waals surface area contributed by atoms with E-state index < -0.39 is 0 Å². The van der Waals surface area contributed by atoms with E-state index >= 15 is 0 Å². The van der Waals surface area contributed by atoms with Gasteiger partial charge in [0.2, 0.25) is 0 Å². The van der Waals surface area contributed by atoms with E-state index in [1.54, 1.807) is 14.0 Å². The maximum Gasteiger partial charge on any atom is 0.137 e. The molecule has 0 amide bonds. The Morgan fingerprint density at radius 2 is 1.70 bits per heavy atom. The second kappa shape index (κ2) is 7.68. The fourth-order valence-corrected chi connectivity index (χ4v) is 2.34. The van der Waals surface area contributed by atoms with Crippen LogP contribution in [-0.2, 0) is 4.79 Å². The summed E-state index contributed by atoms with van der Waals surface area (Å²) in [4.78, 5) is 11.6. The van der Waals surface area contributed by atoms with Gasteiger partial charge in [0.25, 0.3) is 0 Å². The van der Waals surface area contributed by atoms with E-state index in [2.05, 4.69) is 12.1 Å². The molecule has 108 valence electrons. The first-order valence-corrected chi connectivity index (χ1v) is 7.24. The minimum Gasteiger partial charge on any atom is -0.497 e. The lowest BCUT2D eigenvalue weighted by Crippen LogP contribution is -2.07.